The van der Waals surface area contributed by atoms with Gasteiger partial charge in [0.25, 0.3) is 0 Å². The van der Waals surface area contributed by atoms with Crippen LogP contribution in [0, 0.1) is 0 Å². The summed E-state index contributed by atoms with van der Waals surface area (Å²) >= 11 is 6.34. The fraction of sp³-hybridized carbons (Fsp3) is 0.0455. The molecule has 0 radical (unpaired) electrons. The van der Waals surface area contributed by atoms with Gasteiger partial charge in [-0.15, -0.1) is 0 Å². The molecule has 0 fully saturated rings. The number of nitrogens with one attached hydrogen (secondary N) is 2. The number of rotatable bonds is 5. The first kappa shape index (κ1) is 19.5. The normalized spacial score (nSPS) is 10.6. The first-order valence-electron chi connectivity index (χ1n) is 9.26. The molecule has 0 aliphatic carbocycles. The van der Waals surface area contributed by atoms with Crippen LogP contribution >= 0.6 is 11.6 Å². The number of amides is 2. The van der Waals surface area contributed by atoms with Crippen LogP contribution in [0.5, 0.6) is 0 Å². The summed E-state index contributed by atoms with van der Waals surface area (Å²) in [5.74, 6) is 0.279. The number of nitrogens with zero attached hydrogens (tertiary/aromatic N) is 3. The van der Waals surface area contributed by atoms with Crippen molar-refractivity contribution in [3.8, 4) is 16.9 Å². The molecule has 0 bridgehead atoms. The minimum absolute atomic E-state index is 0.279. The van der Waals surface area contributed by atoms with Gasteiger partial charge in [0.05, 0.1) is 10.7 Å². The van der Waals surface area contributed by atoms with Gasteiger partial charge in [0.15, 0.2) is 5.82 Å². The lowest BCUT2D eigenvalue weighted by atomic mass is 10.1. The number of para-hydroxylation sites is 1. The Morgan fingerprint density at radius 1 is 1.00 bits per heavy atom. The standard InChI is InChI=1S/C22H19ClN6O/c23-17-8-4-5-9-18(17)29-21(24)20(19(28-29)16-6-2-1-3-7-16)27-22(30)26-14-15-10-12-25-13-11-15/h1-13H,14,24H2,(H2,26,27,30). The summed E-state index contributed by atoms with van der Waals surface area (Å²) in [5, 5.41) is 10.8. The Morgan fingerprint density at radius 2 is 1.70 bits per heavy atom. The van der Waals surface area contributed by atoms with Crippen LogP contribution in [0.1, 0.15) is 5.56 Å². The van der Waals surface area contributed by atoms with Gasteiger partial charge in [0.1, 0.15) is 11.4 Å². The van der Waals surface area contributed by atoms with E-state index >= 15 is 0 Å². The van der Waals surface area contributed by atoms with Gasteiger partial charge < -0.3 is 16.4 Å². The number of nitrogen functional groups attached to an aromatic ring is 1. The predicted molar refractivity (Wildman–Crippen MR) is 119 cm³/mol. The fourth-order valence-corrected chi connectivity index (χ4v) is 3.22. The second kappa shape index (κ2) is 8.67. The average Bonchev–Trinajstić information content (AvgIpc) is 3.10. The Labute approximate surface area is 178 Å². The highest BCUT2D eigenvalue weighted by Gasteiger charge is 2.21. The van der Waals surface area contributed by atoms with Crippen LogP contribution < -0.4 is 16.4 Å². The molecule has 7 nitrogen and oxygen atoms in total. The molecule has 0 atom stereocenters. The summed E-state index contributed by atoms with van der Waals surface area (Å²) in [6, 6.07) is 20.0. The zero-order chi connectivity index (χ0) is 20.9. The monoisotopic (exact) mass is 418 g/mol. The third kappa shape index (κ3) is 4.11. The zero-order valence-corrected chi connectivity index (χ0v) is 16.7. The summed E-state index contributed by atoms with van der Waals surface area (Å²) in [5.41, 5.74) is 9.72. The molecular formula is C22H19ClN6O. The molecule has 2 aromatic carbocycles. The lowest BCUT2D eigenvalue weighted by Crippen LogP contribution is -2.28. The van der Waals surface area contributed by atoms with Gasteiger partial charge in [-0.05, 0) is 29.8 Å². The molecule has 2 aromatic heterocycles. The maximum Gasteiger partial charge on any atom is 0.319 e. The molecule has 150 valence electrons. The maximum absolute atomic E-state index is 12.6. The number of carbonyl (C=O) groups is 1. The Bertz CT molecular complexity index is 1160. The van der Waals surface area contributed by atoms with Crippen LogP contribution in [-0.4, -0.2) is 20.8 Å². The highest BCUT2D eigenvalue weighted by molar-refractivity contribution is 6.32. The van der Waals surface area contributed by atoms with Crippen molar-refractivity contribution in [1.29, 1.82) is 0 Å². The van der Waals surface area contributed by atoms with Crippen LogP contribution in [0.2, 0.25) is 5.02 Å². The molecule has 30 heavy (non-hydrogen) atoms. The minimum Gasteiger partial charge on any atom is -0.382 e. The number of pyridine rings is 1. The molecule has 0 aliphatic rings. The van der Waals surface area contributed by atoms with E-state index in [9.17, 15) is 4.79 Å². The molecule has 0 unspecified atom stereocenters. The summed E-state index contributed by atoms with van der Waals surface area (Å²) < 4.78 is 1.53. The second-order valence-electron chi connectivity index (χ2n) is 6.50. The van der Waals surface area contributed by atoms with E-state index in [1.165, 1.54) is 4.68 Å². The van der Waals surface area contributed by atoms with Crippen LogP contribution in [0.15, 0.2) is 79.1 Å². The number of carbonyl (C=O) groups excluding carboxylic acids is 1. The van der Waals surface area contributed by atoms with Gasteiger partial charge in [-0.1, -0.05) is 54.1 Å². The Kier molecular flexibility index (Phi) is 5.63. The van der Waals surface area contributed by atoms with Crippen molar-refractivity contribution < 1.29 is 4.79 Å². The van der Waals surface area contributed by atoms with Crippen LogP contribution in [0.25, 0.3) is 16.9 Å². The van der Waals surface area contributed by atoms with Crippen molar-refractivity contribution in [2.75, 3.05) is 11.1 Å². The molecule has 0 saturated carbocycles. The second-order valence-corrected chi connectivity index (χ2v) is 6.91. The fourth-order valence-electron chi connectivity index (χ4n) is 3.00. The van der Waals surface area contributed by atoms with Crippen LogP contribution in [0.3, 0.4) is 0 Å². The molecule has 4 rings (SSSR count). The van der Waals surface area contributed by atoms with Crippen molar-refractivity contribution in [3.05, 3.63) is 89.7 Å². The lowest BCUT2D eigenvalue weighted by Gasteiger charge is -2.09. The average molecular weight is 419 g/mol. The van der Waals surface area contributed by atoms with E-state index in [4.69, 9.17) is 17.3 Å². The number of nitrogens with two attached hydrogens (primary N) is 1. The van der Waals surface area contributed by atoms with E-state index in [0.29, 0.717) is 28.6 Å². The van der Waals surface area contributed by atoms with Gasteiger partial charge in [0.2, 0.25) is 0 Å². The van der Waals surface area contributed by atoms with E-state index in [1.54, 1.807) is 18.5 Å². The van der Waals surface area contributed by atoms with E-state index in [1.807, 2.05) is 60.7 Å². The summed E-state index contributed by atoms with van der Waals surface area (Å²) in [4.78, 5) is 16.5. The molecule has 0 saturated heterocycles. The van der Waals surface area contributed by atoms with E-state index in [0.717, 1.165) is 11.1 Å². The molecule has 2 heterocycles. The number of urea groups is 1. The number of benzene rings is 2. The van der Waals surface area contributed by atoms with Gasteiger partial charge in [0, 0.05) is 24.5 Å². The number of aromatic nitrogens is 3. The van der Waals surface area contributed by atoms with Crippen LogP contribution in [-0.2, 0) is 6.54 Å². The van der Waals surface area contributed by atoms with E-state index in [-0.39, 0.29) is 5.82 Å². The van der Waals surface area contributed by atoms with E-state index < -0.39 is 6.03 Å². The summed E-state index contributed by atoms with van der Waals surface area (Å²) in [7, 11) is 0. The molecule has 0 aliphatic heterocycles. The zero-order valence-electron chi connectivity index (χ0n) is 15.9. The molecule has 8 heteroatoms. The largest absolute Gasteiger partial charge is 0.382 e. The highest BCUT2D eigenvalue weighted by atomic mass is 35.5. The SMILES string of the molecule is Nc1c(NC(=O)NCc2ccncc2)c(-c2ccccc2)nn1-c1ccccc1Cl. The highest BCUT2D eigenvalue weighted by Crippen LogP contribution is 2.35. The third-order valence-corrected chi connectivity index (χ3v) is 4.81. The summed E-state index contributed by atoms with van der Waals surface area (Å²) in [6.45, 7) is 0.355. The lowest BCUT2D eigenvalue weighted by molar-refractivity contribution is 0.252. The topological polar surface area (TPSA) is 97.9 Å². The maximum atomic E-state index is 12.6. The number of hydrogen-bond acceptors (Lipinski definition) is 4. The smallest absolute Gasteiger partial charge is 0.319 e. The first-order valence-corrected chi connectivity index (χ1v) is 9.64. The third-order valence-electron chi connectivity index (χ3n) is 4.49. The molecular weight excluding hydrogens is 400 g/mol. The van der Waals surface area contributed by atoms with E-state index in [2.05, 4.69) is 20.7 Å². The van der Waals surface area contributed by atoms with Gasteiger partial charge in [-0.25, -0.2) is 9.48 Å². The van der Waals surface area contributed by atoms with Crippen LogP contribution in [0.4, 0.5) is 16.3 Å². The van der Waals surface area contributed by atoms with Gasteiger partial charge >= 0.3 is 6.03 Å². The Balaban J connectivity index is 1.67. The van der Waals surface area contributed by atoms with Crippen molar-refractivity contribution in [2.45, 2.75) is 6.54 Å². The number of hydrogen-bond donors (Lipinski definition) is 3. The first-order chi connectivity index (χ1) is 14.6. The number of halogens is 1. The van der Waals surface area contributed by atoms with Crippen molar-refractivity contribution >= 4 is 29.1 Å². The van der Waals surface area contributed by atoms with Gasteiger partial charge in [-0.3, -0.25) is 4.98 Å². The molecule has 0 spiro atoms. The minimum atomic E-state index is -0.394. The summed E-state index contributed by atoms with van der Waals surface area (Å²) in [6.07, 6.45) is 3.35. The van der Waals surface area contributed by atoms with Crippen molar-refractivity contribution in [1.82, 2.24) is 20.1 Å². The van der Waals surface area contributed by atoms with Gasteiger partial charge in [-0.2, -0.15) is 5.10 Å². The molecule has 4 aromatic rings. The molecule has 4 N–H and O–H groups in total. The van der Waals surface area contributed by atoms with Crippen molar-refractivity contribution in [2.24, 2.45) is 0 Å². The number of anilines is 2. The predicted octanol–water partition coefficient (Wildman–Crippen LogP) is 4.49. The molecule has 2 amide bonds. The van der Waals surface area contributed by atoms with Crippen molar-refractivity contribution in [3.63, 3.8) is 0 Å². The Hall–Kier alpha value is -3.84. The Morgan fingerprint density at radius 3 is 2.43 bits per heavy atom. The quantitative estimate of drug-likeness (QED) is 0.444.